The molecule has 0 aliphatic heterocycles. The van der Waals surface area contributed by atoms with Gasteiger partial charge in [-0.1, -0.05) is 23.7 Å². The molecule has 1 rings (SSSR count). The van der Waals surface area contributed by atoms with Gasteiger partial charge in [0.1, 0.15) is 0 Å². The molecule has 0 radical (unpaired) electrons. The first-order valence-electron chi connectivity index (χ1n) is 7.05. The summed E-state index contributed by atoms with van der Waals surface area (Å²) in [6.45, 7) is 8.97. The number of amides is 1. The summed E-state index contributed by atoms with van der Waals surface area (Å²) in [5.41, 5.74) is 1.19. The minimum atomic E-state index is 0.0483. The predicted molar refractivity (Wildman–Crippen MR) is 85.1 cm³/mol. The number of halogens is 1. The molecule has 3 nitrogen and oxygen atoms in total. The second-order valence-corrected chi connectivity index (χ2v) is 6.67. The quantitative estimate of drug-likeness (QED) is 0.846. The fourth-order valence-electron chi connectivity index (χ4n) is 1.97. The van der Waals surface area contributed by atoms with Gasteiger partial charge in [0, 0.05) is 29.6 Å². The highest BCUT2D eigenvalue weighted by atomic mass is 35.5. The summed E-state index contributed by atoms with van der Waals surface area (Å²) in [5.74, 6) is 0.0799. The predicted octanol–water partition coefficient (Wildman–Crippen LogP) is 3.17. The van der Waals surface area contributed by atoms with Gasteiger partial charge in [-0.3, -0.25) is 4.79 Å². The van der Waals surface area contributed by atoms with Crippen molar-refractivity contribution in [1.82, 2.24) is 10.6 Å². The average Bonchev–Trinajstić information content (AvgIpc) is 2.26. The molecular weight excluding hydrogens is 272 g/mol. The summed E-state index contributed by atoms with van der Waals surface area (Å²) >= 11 is 5.95. The van der Waals surface area contributed by atoms with Crippen LogP contribution in [0.1, 0.15) is 39.7 Å². The Labute approximate surface area is 127 Å². The first kappa shape index (κ1) is 17.0. The van der Waals surface area contributed by atoms with Crippen molar-refractivity contribution in [3.8, 4) is 0 Å². The van der Waals surface area contributed by atoms with Gasteiger partial charge in [-0.25, -0.2) is 0 Å². The number of benzene rings is 1. The van der Waals surface area contributed by atoms with Gasteiger partial charge in [0.05, 0.1) is 0 Å². The molecule has 4 heteroatoms. The SMILES string of the molecule is CC(Cc1cccc(Cl)c1)NC(=O)CCNC(C)(C)C. The standard InChI is InChI=1S/C16H25ClN2O/c1-12(10-13-6-5-7-14(17)11-13)19-15(20)8-9-18-16(2,3)4/h5-7,11-12,18H,8-10H2,1-4H3,(H,19,20). The molecule has 1 aromatic carbocycles. The van der Waals surface area contributed by atoms with Crippen molar-refractivity contribution in [3.63, 3.8) is 0 Å². The molecule has 0 fully saturated rings. The maximum Gasteiger partial charge on any atom is 0.221 e. The first-order chi connectivity index (χ1) is 9.26. The molecule has 0 bridgehead atoms. The first-order valence-corrected chi connectivity index (χ1v) is 7.43. The second-order valence-electron chi connectivity index (χ2n) is 6.23. The number of nitrogens with one attached hydrogen (secondary N) is 2. The normalized spacial score (nSPS) is 13.1. The van der Waals surface area contributed by atoms with Gasteiger partial charge in [0.2, 0.25) is 5.91 Å². The average molecular weight is 297 g/mol. The molecule has 0 aliphatic rings. The maximum atomic E-state index is 11.8. The summed E-state index contributed by atoms with van der Waals surface area (Å²) in [4.78, 5) is 11.8. The second kappa shape index (κ2) is 7.65. The van der Waals surface area contributed by atoms with Crippen LogP contribution in [0.25, 0.3) is 0 Å². The number of rotatable bonds is 6. The largest absolute Gasteiger partial charge is 0.353 e. The van der Waals surface area contributed by atoms with Crippen molar-refractivity contribution >= 4 is 17.5 Å². The monoisotopic (exact) mass is 296 g/mol. The highest BCUT2D eigenvalue weighted by Gasteiger charge is 2.11. The van der Waals surface area contributed by atoms with Crippen LogP contribution in [0.4, 0.5) is 0 Å². The Morgan fingerprint density at radius 3 is 2.65 bits per heavy atom. The van der Waals surface area contributed by atoms with Crippen molar-refractivity contribution < 1.29 is 4.79 Å². The Bertz CT molecular complexity index is 440. The van der Waals surface area contributed by atoms with Gasteiger partial charge in [-0.15, -0.1) is 0 Å². The van der Waals surface area contributed by atoms with Crippen LogP contribution in [0.3, 0.4) is 0 Å². The van der Waals surface area contributed by atoms with Crippen molar-refractivity contribution in [3.05, 3.63) is 34.9 Å². The fraction of sp³-hybridized carbons (Fsp3) is 0.562. The van der Waals surface area contributed by atoms with Crippen molar-refractivity contribution in [2.24, 2.45) is 0 Å². The summed E-state index contributed by atoms with van der Waals surface area (Å²) < 4.78 is 0. The lowest BCUT2D eigenvalue weighted by atomic mass is 10.1. The maximum absolute atomic E-state index is 11.8. The highest BCUT2D eigenvalue weighted by Crippen LogP contribution is 2.12. The zero-order valence-electron chi connectivity index (χ0n) is 12.8. The Hall–Kier alpha value is -1.06. The molecule has 0 saturated carbocycles. The molecule has 20 heavy (non-hydrogen) atoms. The van der Waals surface area contributed by atoms with Crippen LogP contribution in [-0.2, 0) is 11.2 Å². The van der Waals surface area contributed by atoms with Crippen LogP contribution in [0, 0.1) is 0 Å². The minimum Gasteiger partial charge on any atom is -0.353 e. The molecule has 0 saturated heterocycles. The van der Waals surface area contributed by atoms with E-state index in [4.69, 9.17) is 11.6 Å². The van der Waals surface area contributed by atoms with Crippen LogP contribution in [0.2, 0.25) is 5.02 Å². The lowest BCUT2D eigenvalue weighted by molar-refractivity contribution is -0.121. The third kappa shape index (κ3) is 7.51. The summed E-state index contributed by atoms with van der Waals surface area (Å²) in [5, 5.41) is 7.05. The molecule has 1 aromatic rings. The van der Waals surface area contributed by atoms with Gasteiger partial charge in [-0.2, -0.15) is 0 Å². The lowest BCUT2D eigenvalue weighted by Gasteiger charge is -2.20. The van der Waals surface area contributed by atoms with E-state index in [-0.39, 0.29) is 17.5 Å². The highest BCUT2D eigenvalue weighted by molar-refractivity contribution is 6.30. The van der Waals surface area contributed by atoms with E-state index in [1.165, 1.54) is 0 Å². The van der Waals surface area contributed by atoms with E-state index in [1.54, 1.807) is 0 Å². The van der Waals surface area contributed by atoms with E-state index in [2.05, 4.69) is 31.4 Å². The zero-order valence-corrected chi connectivity index (χ0v) is 13.6. The Kier molecular flexibility index (Phi) is 6.50. The molecule has 0 heterocycles. The van der Waals surface area contributed by atoms with Crippen LogP contribution in [0.15, 0.2) is 24.3 Å². The molecule has 2 N–H and O–H groups in total. The molecule has 0 aliphatic carbocycles. The van der Waals surface area contributed by atoms with E-state index in [0.717, 1.165) is 17.0 Å². The fourth-order valence-corrected chi connectivity index (χ4v) is 2.18. The summed E-state index contributed by atoms with van der Waals surface area (Å²) in [6, 6.07) is 7.85. The summed E-state index contributed by atoms with van der Waals surface area (Å²) in [7, 11) is 0. The van der Waals surface area contributed by atoms with Crippen LogP contribution in [-0.4, -0.2) is 24.0 Å². The van der Waals surface area contributed by atoms with E-state index in [0.29, 0.717) is 13.0 Å². The van der Waals surface area contributed by atoms with Crippen LogP contribution >= 0.6 is 11.6 Å². The topological polar surface area (TPSA) is 41.1 Å². The molecule has 0 spiro atoms. The smallest absolute Gasteiger partial charge is 0.221 e. The Morgan fingerprint density at radius 2 is 2.05 bits per heavy atom. The van der Waals surface area contributed by atoms with Crippen LogP contribution in [0.5, 0.6) is 0 Å². The van der Waals surface area contributed by atoms with E-state index >= 15 is 0 Å². The Balaban J connectivity index is 2.31. The van der Waals surface area contributed by atoms with Crippen molar-refractivity contribution in [1.29, 1.82) is 0 Å². The third-order valence-electron chi connectivity index (χ3n) is 2.85. The number of hydrogen-bond donors (Lipinski definition) is 2. The van der Waals surface area contributed by atoms with Gasteiger partial charge in [0.25, 0.3) is 0 Å². The minimum absolute atomic E-state index is 0.0483. The van der Waals surface area contributed by atoms with Gasteiger partial charge < -0.3 is 10.6 Å². The molecule has 1 amide bonds. The summed E-state index contributed by atoms with van der Waals surface area (Å²) in [6.07, 6.45) is 1.29. The zero-order chi connectivity index (χ0) is 15.2. The van der Waals surface area contributed by atoms with Crippen molar-refractivity contribution in [2.75, 3.05) is 6.54 Å². The molecule has 1 unspecified atom stereocenters. The van der Waals surface area contributed by atoms with Gasteiger partial charge >= 0.3 is 0 Å². The Morgan fingerprint density at radius 1 is 1.35 bits per heavy atom. The molecular formula is C16H25ClN2O. The molecule has 1 atom stereocenters. The van der Waals surface area contributed by atoms with Gasteiger partial charge in [-0.05, 0) is 51.8 Å². The molecule has 0 aromatic heterocycles. The van der Waals surface area contributed by atoms with E-state index in [1.807, 2.05) is 31.2 Å². The van der Waals surface area contributed by atoms with E-state index < -0.39 is 0 Å². The number of hydrogen-bond acceptors (Lipinski definition) is 2. The third-order valence-corrected chi connectivity index (χ3v) is 3.08. The lowest BCUT2D eigenvalue weighted by Crippen LogP contribution is -2.40. The molecule has 112 valence electrons. The van der Waals surface area contributed by atoms with Crippen LogP contribution < -0.4 is 10.6 Å². The number of carbonyl (C=O) groups excluding carboxylic acids is 1. The van der Waals surface area contributed by atoms with Gasteiger partial charge in [0.15, 0.2) is 0 Å². The van der Waals surface area contributed by atoms with E-state index in [9.17, 15) is 4.79 Å². The van der Waals surface area contributed by atoms with Crippen molar-refractivity contribution in [2.45, 2.75) is 52.1 Å². The number of carbonyl (C=O) groups is 1.